The van der Waals surface area contributed by atoms with Gasteiger partial charge in [0.15, 0.2) is 0 Å². The lowest BCUT2D eigenvalue weighted by molar-refractivity contribution is -0.151. The van der Waals surface area contributed by atoms with E-state index in [1.165, 1.54) is 14.7 Å². The Hall–Kier alpha value is -4.25. The molecule has 0 heterocycles. The van der Waals surface area contributed by atoms with Crippen molar-refractivity contribution >= 4 is 29.5 Å². The van der Waals surface area contributed by atoms with Gasteiger partial charge in [-0.1, -0.05) is 116 Å². The number of hydrogen-bond acceptors (Lipinski definition) is 6. The zero-order valence-corrected chi connectivity index (χ0v) is 33.5. The maximum absolute atomic E-state index is 14.2. The smallest absolute Gasteiger partial charge is 0.246 e. The van der Waals surface area contributed by atoms with Gasteiger partial charge in [-0.3, -0.25) is 24.0 Å². The molecule has 0 bridgehead atoms. The topological polar surface area (TPSA) is 131 Å². The lowest BCUT2D eigenvalue weighted by Gasteiger charge is -2.39. The predicted octanol–water partition coefficient (Wildman–Crippen LogP) is 3.77. The van der Waals surface area contributed by atoms with Gasteiger partial charge in [0.05, 0.1) is 6.04 Å². The number of carbonyl (C=O) groups is 5. The molecule has 0 fully saturated rings. The molecule has 0 radical (unpaired) electrons. The number of carbonyl (C=O) groups excluding carboxylic acids is 5. The molecular formula is C41H64N6O5. The van der Waals surface area contributed by atoms with Gasteiger partial charge < -0.3 is 30.7 Å². The van der Waals surface area contributed by atoms with Crippen LogP contribution in [0.25, 0.3) is 0 Å². The molecule has 52 heavy (non-hydrogen) atoms. The van der Waals surface area contributed by atoms with Crippen molar-refractivity contribution in [1.82, 2.24) is 30.7 Å². The van der Waals surface area contributed by atoms with Crippen LogP contribution in [-0.2, 0) is 36.8 Å². The van der Waals surface area contributed by atoms with Gasteiger partial charge >= 0.3 is 0 Å². The first kappa shape index (κ1) is 43.9. The van der Waals surface area contributed by atoms with Crippen molar-refractivity contribution in [3.05, 3.63) is 71.8 Å². The summed E-state index contributed by atoms with van der Waals surface area (Å²) in [5, 5.41) is 9.02. The van der Waals surface area contributed by atoms with Gasteiger partial charge in [0.1, 0.15) is 24.2 Å². The molecule has 2 rings (SSSR count). The van der Waals surface area contributed by atoms with Crippen LogP contribution >= 0.6 is 0 Å². The van der Waals surface area contributed by atoms with Gasteiger partial charge in [-0.15, -0.1) is 0 Å². The highest BCUT2D eigenvalue weighted by Gasteiger charge is 2.41. The quantitative estimate of drug-likeness (QED) is 0.203. The van der Waals surface area contributed by atoms with E-state index in [1.54, 1.807) is 28.2 Å². The minimum atomic E-state index is -0.944. The number of hydrogen-bond donors (Lipinski definition) is 3. The van der Waals surface area contributed by atoms with Crippen LogP contribution in [0.3, 0.4) is 0 Å². The van der Waals surface area contributed by atoms with Crippen LogP contribution in [0.1, 0.15) is 66.5 Å². The molecular weight excluding hydrogens is 656 g/mol. The molecule has 5 atom stereocenters. The highest BCUT2D eigenvalue weighted by molar-refractivity contribution is 5.96. The Kier molecular flexibility index (Phi) is 17.5. The summed E-state index contributed by atoms with van der Waals surface area (Å²) in [6.07, 6.45) is 1.12. The van der Waals surface area contributed by atoms with Gasteiger partial charge in [-0.25, -0.2) is 0 Å². The lowest BCUT2D eigenvalue weighted by Crippen LogP contribution is -2.62. The number of benzene rings is 2. The van der Waals surface area contributed by atoms with Gasteiger partial charge in [0, 0.05) is 27.7 Å². The average Bonchev–Trinajstić information content (AvgIpc) is 3.09. The fourth-order valence-corrected chi connectivity index (χ4v) is 6.83. The maximum atomic E-state index is 14.2. The molecule has 0 aliphatic carbocycles. The summed E-state index contributed by atoms with van der Waals surface area (Å²) < 4.78 is 0. The molecule has 0 unspecified atom stereocenters. The molecule has 11 heteroatoms. The van der Waals surface area contributed by atoms with Gasteiger partial charge in [0.25, 0.3) is 0 Å². The van der Waals surface area contributed by atoms with Crippen molar-refractivity contribution in [2.24, 2.45) is 23.7 Å². The molecule has 0 saturated carbocycles. The van der Waals surface area contributed by atoms with E-state index in [0.717, 1.165) is 11.1 Å². The second-order valence-electron chi connectivity index (χ2n) is 15.2. The van der Waals surface area contributed by atoms with Gasteiger partial charge in [-0.05, 0) is 54.7 Å². The molecule has 5 amide bonds. The Morgan fingerprint density at radius 2 is 1.00 bits per heavy atom. The van der Waals surface area contributed by atoms with Crippen LogP contribution in [0, 0.1) is 23.7 Å². The molecule has 0 spiro atoms. The number of rotatable bonds is 19. The van der Waals surface area contributed by atoms with E-state index in [0.29, 0.717) is 19.4 Å². The third-order valence-electron chi connectivity index (χ3n) is 9.69. The second kappa shape index (κ2) is 20.7. The third-order valence-corrected chi connectivity index (χ3v) is 9.69. The van der Waals surface area contributed by atoms with Crippen molar-refractivity contribution < 1.29 is 24.0 Å². The molecule has 0 aliphatic heterocycles. The summed E-state index contributed by atoms with van der Waals surface area (Å²) in [6.45, 7) is 15.3. The van der Waals surface area contributed by atoms with Gasteiger partial charge in [0.2, 0.25) is 29.5 Å². The van der Waals surface area contributed by atoms with Crippen LogP contribution in [-0.4, -0.2) is 109 Å². The van der Waals surface area contributed by atoms with Crippen molar-refractivity contribution in [1.29, 1.82) is 0 Å². The number of nitrogens with one attached hydrogen (secondary N) is 3. The van der Waals surface area contributed by atoms with Crippen LogP contribution in [0.4, 0.5) is 0 Å². The first-order valence-corrected chi connectivity index (χ1v) is 18.6. The zero-order valence-electron chi connectivity index (χ0n) is 33.5. The van der Waals surface area contributed by atoms with Crippen molar-refractivity contribution in [2.45, 2.75) is 98.4 Å². The van der Waals surface area contributed by atoms with E-state index in [1.807, 2.05) is 116 Å². The van der Waals surface area contributed by atoms with Gasteiger partial charge in [-0.2, -0.15) is 0 Å². The van der Waals surface area contributed by atoms with E-state index in [2.05, 4.69) is 16.0 Å². The molecule has 2 aromatic carbocycles. The first-order valence-electron chi connectivity index (χ1n) is 18.6. The summed E-state index contributed by atoms with van der Waals surface area (Å²) in [4.78, 5) is 73.9. The Balaban J connectivity index is 2.25. The summed E-state index contributed by atoms with van der Waals surface area (Å²) in [7, 11) is 6.52. The van der Waals surface area contributed by atoms with E-state index in [9.17, 15) is 24.0 Å². The standard InChI is InChI=1S/C41H64N6O5/c1-26(2)33(40(51)45(10)34(27(3)4)37(48)43-24-23-30-19-15-13-16-20-30)44-38(49)35(28(5)6)46(11)41(52)36(29(7)8)47(12)39(50)32(42-9)25-31-21-17-14-18-22-31/h13-22,26-29,32-36,42H,23-25H2,1-12H3,(H,43,48)(H,44,49)/t32-,33-,34-,35-,36-/m0/s1. The Morgan fingerprint density at radius 3 is 1.46 bits per heavy atom. The minimum absolute atomic E-state index is 0.191. The van der Waals surface area contributed by atoms with Crippen LogP contribution < -0.4 is 16.0 Å². The zero-order chi connectivity index (χ0) is 39.3. The third kappa shape index (κ3) is 11.9. The van der Waals surface area contributed by atoms with Crippen molar-refractivity contribution in [3.63, 3.8) is 0 Å². The predicted molar refractivity (Wildman–Crippen MR) is 207 cm³/mol. The van der Waals surface area contributed by atoms with E-state index in [4.69, 9.17) is 0 Å². The highest BCUT2D eigenvalue weighted by atomic mass is 16.2. The van der Waals surface area contributed by atoms with Crippen molar-refractivity contribution in [3.8, 4) is 0 Å². The molecule has 0 saturated heterocycles. The Labute approximate surface area is 312 Å². The van der Waals surface area contributed by atoms with E-state index >= 15 is 0 Å². The fraction of sp³-hybridized carbons (Fsp3) is 0.585. The Morgan fingerprint density at radius 1 is 0.558 bits per heavy atom. The van der Waals surface area contributed by atoms with E-state index in [-0.39, 0.29) is 41.4 Å². The molecule has 11 nitrogen and oxygen atoms in total. The highest BCUT2D eigenvalue weighted by Crippen LogP contribution is 2.20. The lowest BCUT2D eigenvalue weighted by atomic mass is 9.94. The molecule has 0 aliphatic rings. The van der Waals surface area contributed by atoms with Crippen molar-refractivity contribution in [2.75, 3.05) is 34.7 Å². The first-order chi connectivity index (χ1) is 24.4. The second-order valence-corrected chi connectivity index (χ2v) is 15.2. The monoisotopic (exact) mass is 720 g/mol. The average molecular weight is 721 g/mol. The molecule has 0 aromatic heterocycles. The summed E-state index contributed by atoms with van der Waals surface area (Å²) in [5.74, 6) is -2.79. The number of likely N-dealkylation sites (N-methyl/N-ethyl adjacent to an activating group) is 4. The maximum Gasteiger partial charge on any atom is 0.246 e. The van der Waals surface area contributed by atoms with E-state index < -0.39 is 42.0 Å². The number of nitrogens with zero attached hydrogens (tertiary/aromatic N) is 3. The summed E-state index contributed by atoms with van der Waals surface area (Å²) in [6, 6.07) is 15.5. The van der Waals surface area contributed by atoms with Crippen LogP contribution in [0.15, 0.2) is 60.7 Å². The normalized spacial score (nSPS) is 14.4. The fourth-order valence-electron chi connectivity index (χ4n) is 6.83. The number of amides is 5. The minimum Gasteiger partial charge on any atom is -0.354 e. The Bertz CT molecular complexity index is 1450. The molecule has 3 N–H and O–H groups in total. The molecule has 288 valence electrons. The summed E-state index contributed by atoms with van der Waals surface area (Å²) in [5.41, 5.74) is 2.09. The van der Waals surface area contributed by atoms with Crippen LogP contribution in [0.5, 0.6) is 0 Å². The summed E-state index contributed by atoms with van der Waals surface area (Å²) >= 11 is 0. The largest absolute Gasteiger partial charge is 0.354 e. The van der Waals surface area contributed by atoms with Crippen LogP contribution in [0.2, 0.25) is 0 Å². The SMILES string of the molecule is CN[C@@H](Cc1ccccc1)C(=O)N(C)[C@H](C(=O)N(C)[C@H](C(=O)N[C@H](C(=O)N(C)[C@H](C(=O)NCCc1ccccc1)C(C)C)C(C)C)C(C)C)C(C)C. The molecule has 2 aromatic rings.